The number of carbonyl (C=O) groups is 4. The van der Waals surface area contributed by atoms with Crippen molar-refractivity contribution >= 4 is 51.6 Å². The minimum Gasteiger partial charge on any atom is -0.464 e. The number of hydrazine groups is 1. The number of anilines is 1. The van der Waals surface area contributed by atoms with E-state index in [9.17, 15) is 19.2 Å². The summed E-state index contributed by atoms with van der Waals surface area (Å²) in [5.74, 6) is -1.00. The number of aryl methyl sites for hydroxylation is 1. The first-order chi connectivity index (χ1) is 33.5. The highest BCUT2D eigenvalue weighted by atomic mass is 32.1. The summed E-state index contributed by atoms with van der Waals surface area (Å²) in [6.45, 7) is 21.4. The maximum absolute atomic E-state index is 13.9. The van der Waals surface area contributed by atoms with Gasteiger partial charge in [0, 0.05) is 100 Å². The summed E-state index contributed by atoms with van der Waals surface area (Å²) >= 11 is 1.45. The van der Waals surface area contributed by atoms with Gasteiger partial charge in [-0.3, -0.25) is 24.8 Å². The van der Waals surface area contributed by atoms with Crippen molar-refractivity contribution < 1.29 is 33.4 Å². The van der Waals surface area contributed by atoms with E-state index in [-0.39, 0.29) is 53.6 Å². The van der Waals surface area contributed by atoms with Crippen molar-refractivity contribution in [3.05, 3.63) is 52.1 Å². The highest BCUT2D eigenvalue weighted by molar-refractivity contribution is 7.10. The van der Waals surface area contributed by atoms with E-state index in [2.05, 4.69) is 82.6 Å². The molecular weight excluding hydrogens is 909 g/mol. The molecule has 0 bridgehead atoms. The van der Waals surface area contributed by atoms with Gasteiger partial charge in [-0.2, -0.15) is 0 Å². The van der Waals surface area contributed by atoms with Gasteiger partial charge in [0.05, 0.1) is 65.9 Å². The molecule has 1 aromatic carbocycles. The lowest BCUT2D eigenvalue weighted by molar-refractivity contribution is -0.147. The number of methoxy groups -OCH3 is 1. The summed E-state index contributed by atoms with van der Waals surface area (Å²) in [4.78, 5) is 71.8. The molecule has 7 rings (SSSR count). The van der Waals surface area contributed by atoms with Crippen molar-refractivity contribution in [2.24, 2.45) is 11.3 Å². The highest BCUT2D eigenvalue weighted by Gasteiger charge is 2.35. The predicted molar refractivity (Wildman–Crippen MR) is 275 cm³/mol. The lowest BCUT2D eigenvalue weighted by Gasteiger charge is -2.36. The number of hydrogen-bond donors (Lipinski definition) is 3. The zero-order valence-electron chi connectivity index (χ0n) is 43.1. The van der Waals surface area contributed by atoms with Crippen LogP contribution in [0.3, 0.4) is 0 Å². The average Bonchev–Trinajstić information content (AvgIpc) is 3.95. The van der Waals surface area contributed by atoms with Gasteiger partial charge in [0.25, 0.3) is 0 Å². The number of benzene rings is 1. The minimum atomic E-state index is -0.828. The van der Waals surface area contributed by atoms with Crippen LogP contribution in [0.5, 0.6) is 0 Å². The van der Waals surface area contributed by atoms with Crippen LogP contribution in [-0.4, -0.2) is 158 Å². The van der Waals surface area contributed by atoms with Crippen LogP contribution in [0.4, 0.5) is 10.5 Å². The minimum absolute atomic E-state index is 0.192. The number of carbonyl (C=O) groups excluding carboxylic acids is 4. The van der Waals surface area contributed by atoms with Crippen molar-refractivity contribution in [3.8, 4) is 22.5 Å². The quantitative estimate of drug-likeness (QED) is 0.0922. The van der Waals surface area contributed by atoms with Crippen LogP contribution >= 0.6 is 11.3 Å². The third kappa shape index (κ3) is 12.4. The van der Waals surface area contributed by atoms with E-state index in [1.807, 2.05) is 32.3 Å². The zero-order chi connectivity index (χ0) is 50.3. The van der Waals surface area contributed by atoms with E-state index >= 15 is 0 Å². The molecule has 1 unspecified atom stereocenters. The molecular formula is C52H76N10O7S. The summed E-state index contributed by atoms with van der Waals surface area (Å²) in [5, 5.41) is 6.80. The molecule has 382 valence electrons. The summed E-state index contributed by atoms with van der Waals surface area (Å²) in [6.07, 6.45) is 4.92. The fourth-order valence-electron chi connectivity index (χ4n) is 9.95. The zero-order valence-corrected chi connectivity index (χ0v) is 43.9. The first kappa shape index (κ1) is 52.8. The molecule has 3 aliphatic heterocycles. The molecule has 4 aromatic rings. The van der Waals surface area contributed by atoms with Gasteiger partial charge in [-0.05, 0) is 88.6 Å². The van der Waals surface area contributed by atoms with Gasteiger partial charge in [-0.15, -0.1) is 11.3 Å². The number of hydrogen-bond acceptors (Lipinski definition) is 14. The summed E-state index contributed by atoms with van der Waals surface area (Å²) in [7, 11) is 5.53. The van der Waals surface area contributed by atoms with Crippen LogP contribution in [0.1, 0.15) is 90.1 Å². The number of fused-ring (bicyclic) bond motifs is 1. The first-order valence-electron chi connectivity index (χ1n) is 25.1. The number of likely N-dealkylation sites (N-methyl/N-ethyl adjacent to an activating group) is 2. The molecule has 3 aliphatic rings. The first-order valence-corrected chi connectivity index (χ1v) is 26.0. The van der Waals surface area contributed by atoms with Gasteiger partial charge in [-0.25, -0.2) is 15.2 Å². The Morgan fingerprint density at radius 3 is 2.46 bits per heavy atom. The van der Waals surface area contributed by atoms with Gasteiger partial charge in [-0.1, -0.05) is 33.8 Å². The van der Waals surface area contributed by atoms with E-state index in [0.717, 1.165) is 90.4 Å². The van der Waals surface area contributed by atoms with Crippen LogP contribution < -0.4 is 21.1 Å². The van der Waals surface area contributed by atoms with E-state index in [1.165, 1.54) is 28.7 Å². The third-order valence-corrected chi connectivity index (χ3v) is 15.1. The van der Waals surface area contributed by atoms with Gasteiger partial charge in [0.1, 0.15) is 12.1 Å². The Kier molecular flexibility index (Phi) is 17.7. The number of thiazole rings is 1. The van der Waals surface area contributed by atoms with E-state index < -0.39 is 12.1 Å². The Morgan fingerprint density at radius 1 is 1.06 bits per heavy atom. The molecule has 0 radical (unpaired) electrons. The lowest BCUT2D eigenvalue weighted by Crippen LogP contribution is -2.57. The molecule has 18 heteroatoms. The second-order valence-corrected chi connectivity index (χ2v) is 21.2. The van der Waals surface area contributed by atoms with Gasteiger partial charge in [0.2, 0.25) is 5.91 Å². The SMILES string of the molecule is CCn1c(-c2cc(N3CCN(C)CC3)cnc2[C@H](C)OC)c(CC(C)(C)CCOC(=O)[C@@H]2CCCNN2)c2cc(-c3csc(CC(NC(=O)[C@H](C(C)C)N(C)C(=O)N4CCOCC4)C(C)=O)n3)ccc21. The van der Waals surface area contributed by atoms with Crippen LogP contribution in [0.25, 0.3) is 33.4 Å². The second-order valence-electron chi connectivity index (χ2n) is 20.3. The van der Waals surface area contributed by atoms with Crippen molar-refractivity contribution in [2.45, 2.75) is 111 Å². The summed E-state index contributed by atoms with van der Waals surface area (Å²) in [5.41, 5.74) is 13.9. The predicted octanol–water partition coefficient (Wildman–Crippen LogP) is 6.09. The number of pyridine rings is 1. The number of urea groups is 1. The third-order valence-electron chi connectivity index (χ3n) is 14.2. The second kappa shape index (κ2) is 23.5. The Hall–Kier alpha value is -4.98. The number of piperazine rings is 1. The number of esters is 1. The van der Waals surface area contributed by atoms with Gasteiger partial charge in [0.15, 0.2) is 5.78 Å². The average molecular weight is 985 g/mol. The topological polar surface area (TPSA) is 176 Å². The van der Waals surface area contributed by atoms with Crippen LogP contribution in [0.2, 0.25) is 0 Å². The smallest absolute Gasteiger partial charge is 0.324 e. The fraction of sp³-hybridized carbons (Fsp3) is 0.615. The molecule has 4 atom stereocenters. The number of nitrogens with one attached hydrogen (secondary N) is 3. The number of nitrogens with zero attached hydrogens (tertiary/aromatic N) is 7. The lowest BCUT2D eigenvalue weighted by atomic mass is 9.81. The molecule has 6 heterocycles. The monoisotopic (exact) mass is 985 g/mol. The van der Waals surface area contributed by atoms with Crippen molar-refractivity contribution in [1.29, 1.82) is 0 Å². The molecule has 17 nitrogen and oxygen atoms in total. The standard InChI is InChI=1S/C52H76N10O7S/c1-11-62-44-15-14-36(43-32-70-45(55-43)29-42(34(4)63)56-49(64)47(33(2)3)59(9)51(66)61-22-25-68-26-23-61)27-38(44)40(30-52(6,7)16-24-69-50(65)41-13-12-17-54-57-41)48(62)39-28-37(31-53-46(39)35(5)67-10)60-20-18-58(8)19-21-60/h14-15,27-28,31-33,35,41-42,47,54,57H,11-13,16-26,29-30H2,1-10H3,(H,56,64)/t35-,41-,42?,47-/m0/s1. The largest absolute Gasteiger partial charge is 0.464 e. The Bertz CT molecular complexity index is 2450. The number of morpholine rings is 1. The summed E-state index contributed by atoms with van der Waals surface area (Å²) in [6, 6.07) is 6.61. The number of rotatable bonds is 19. The summed E-state index contributed by atoms with van der Waals surface area (Å²) < 4.78 is 19.7. The maximum Gasteiger partial charge on any atom is 0.324 e. The van der Waals surface area contributed by atoms with E-state index in [1.54, 1.807) is 19.1 Å². The molecule has 0 aliphatic carbocycles. The normalized spacial score (nSPS) is 18.5. The van der Waals surface area contributed by atoms with Crippen LogP contribution in [0.15, 0.2) is 35.8 Å². The maximum atomic E-state index is 13.9. The van der Waals surface area contributed by atoms with Gasteiger partial charge >= 0.3 is 12.0 Å². The molecule has 3 saturated heterocycles. The fourth-order valence-corrected chi connectivity index (χ4v) is 10.8. The molecule has 3 amide bonds. The van der Waals surface area contributed by atoms with Crippen molar-refractivity contribution in [3.63, 3.8) is 0 Å². The van der Waals surface area contributed by atoms with E-state index in [0.29, 0.717) is 57.3 Å². The van der Waals surface area contributed by atoms with Crippen LogP contribution in [0, 0.1) is 11.3 Å². The number of amides is 3. The number of aromatic nitrogens is 3. The van der Waals surface area contributed by atoms with Crippen molar-refractivity contribution in [2.75, 3.05) is 91.7 Å². The molecule has 3 aromatic heterocycles. The van der Waals surface area contributed by atoms with Crippen molar-refractivity contribution in [1.82, 2.24) is 45.4 Å². The van der Waals surface area contributed by atoms with E-state index in [4.69, 9.17) is 24.2 Å². The Labute approximate surface area is 417 Å². The van der Waals surface area contributed by atoms with Gasteiger partial charge < -0.3 is 43.7 Å². The number of Topliss-reactive ketones (excluding diaryl/α,β-unsaturated/α-hetero) is 1. The number of ketones is 1. The Morgan fingerprint density at radius 2 is 1.80 bits per heavy atom. The molecule has 70 heavy (non-hydrogen) atoms. The van der Waals surface area contributed by atoms with Crippen LogP contribution in [-0.2, 0) is 48.0 Å². The molecule has 0 saturated carbocycles. The highest BCUT2D eigenvalue weighted by Crippen LogP contribution is 2.43. The Balaban J connectivity index is 1.22. The number of ether oxygens (including phenoxy) is 3. The molecule has 3 N–H and O–H groups in total. The molecule has 0 spiro atoms. The molecule has 3 fully saturated rings.